The van der Waals surface area contributed by atoms with Gasteiger partial charge in [-0.1, -0.05) is 241 Å². The molecule has 0 fully saturated rings. The van der Waals surface area contributed by atoms with E-state index in [-0.39, 0.29) is 10.8 Å². The van der Waals surface area contributed by atoms with Crippen LogP contribution in [0.4, 0.5) is 0 Å². The summed E-state index contributed by atoms with van der Waals surface area (Å²) in [5.74, 6) is 0. The molecule has 3 aliphatic rings. The molecular weight excluding hydrogens is 897 g/mol. The minimum absolute atomic E-state index is 0.0473. The second kappa shape index (κ2) is 20.7. The Labute approximate surface area is 439 Å². The molecule has 0 aliphatic heterocycles. The molecule has 1 heteroatoms. The average molecular weight is 965 g/mol. The largest absolute Gasteiger partial charge is 0.135 e. The van der Waals surface area contributed by atoms with E-state index in [4.69, 9.17) is 0 Å². The lowest BCUT2D eigenvalue weighted by molar-refractivity contribution is 0.659. The van der Waals surface area contributed by atoms with Gasteiger partial charge in [0.15, 0.2) is 0 Å². The first-order chi connectivity index (χ1) is 35.4. The maximum absolute atomic E-state index is 3.94. The summed E-state index contributed by atoms with van der Waals surface area (Å²) >= 11 is 1.81. The Hall–Kier alpha value is -7.32. The standard InChI is InChI=1S/C34H30.C20H18S.C18H20/c1-23-11-10-16-26(19-23)27-17-18-31-30(20-27)33-29(25-14-8-5-9-15-25)21-28(22-32(33)34(31,2)3)24-12-6-4-7-13-24;1-4-6-17-18-12-11-16(13-20(18)21-19(17)5-2)15-9-7-14(3)8-10-15;1-4-7-13-10-11-15-14-8-5-6-9-16(14)18(2,3)17(15)12-13/h5-6,8-22H,4,7H2,1-3H3;4-13H,2H2,1,3H3;5-6,8-12H,4,7H2,1-3H3/b;6-4-;. The molecule has 0 nitrogen and oxygen atoms in total. The van der Waals surface area contributed by atoms with Crippen molar-refractivity contribution in [3.05, 3.63) is 256 Å². The highest BCUT2D eigenvalue weighted by Crippen LogP contribution is 2.54. The number of hydrogen-bond donors (Lipinski definition) is 0. The van der Waals surface area contributed by atoms with E-state index in [1.54, 1.807) is 11.3 Å². The Bertz CT molecular complexity index is 3600. The van der Waals surface area contributed by atoms with Crippen LogP contribution in [0.1, 0.15) is 116 Å². The molecule has 0 saturated carbocycles. The Kier molecular flexibility index (Phi) is 13.9. The highest BCUT2D eigenvalue weighted by molar-refractivity contribution is 7.20. The summed E-state index contributed by atoms with van der Waals surface area (Å²) < 4.78 is 1.32. The molecule has 3 aliphatic carbocycles. The van der Waals surface area contributed by atoms with Crippen molar-refractivity contribution in [1.29, 1.82) is 0 Å². The number of aryl methyl sites for hydroxylation is 3. The zero-order valence-corrected chi connectivity index (χ0v) is 44.9. The SMILES string of the molecule is C=Cc1sc2cc(-c3ccc(C)cc3)ccc2c1/C=C\C.CCCc1ccc2c(c1)C(C)(C)c1ccccc1-2.Cc1cccc(-c2ccc3c(c2)-c2c(-c4ccccc4)cc(C4=CCCC=C4)cc2C3(C)C)c1. The van der Waals surface area contributed by atoms with Crippen LogP contribution < -0.4 is 0 Å². The number of hydrogen-bond acceptors (Lipinski definition) is 1. The molecule has 0 unspecified atom stereocenters. The Morgan fingerprint density at radius 1 is 0.534 bits per heavy atom. The normalized spacial score (nSPS) is 14.3. The molecule has 73 heavy (non-hydrogen) atoms. The van der Waals surface area contributed by atoms with Crippen LogP contribution in [-0.2, 0) is 17.3 Å². The summed E-state index contributed by atoms with van der Waals surface area (Å²) in [6.07, 6.45) is 17.8. The molecule has 0 spiro atoms. The maximum Gasteiger partial charge on any atom is 0.0361 e. The summed E-state index contributed by atoms with van der Waals surface area (Å²) in [4.78, 5) is 1.24. The van der Waals surface area contributed by atoms with Gasteiger partial charge in [0.2, 0.25) is 0 Å². The van der Waals surface area contributed by atoms with Gasteiger partial charge in [-0.15, -0.1) is 11.3 Å². The second-order valence-corrected chi connectivity index (χ2v) is 22.3. The van der Waals surface area contributed by atoms with Crippen LogP contribution >= 0.6 is 11.3 Å². The summed E-state index contributed by atoms with van der Waals surface area (Å²) in [5.41, 5.74) is 27.3. The van der Waals surface area contributed by atoms with E-state index >= 15 is 0 Å². The summed E-state index contributed by atoms with van der Waals surface area (Å²) in [7, 11) is 0. The van der Waals surface area contributed by atoms with Crippen LogP contribution in [-0.4, -0.2) is 0 Å². The lowest BCUT2D eigenvalue weighted by Crippen LogP contribution is -2.15. The van der Waals surface area contributed by atoms with Crippen molar-refractivity contribution in [2.75, 3.05) is 0 Å². The molecule has 0 bridgehead atoms. The molecule has 0 amide bonds. The predicted octanol–water partition coefficient (Wildman–Crippen LogP) is 20.9. The van der Waals surface area contributed by atoms with Crippen molar-refractivity contribution in [3.63, 3.8) is 0 Å². The molecule has 0 atom stereocenters. The Morgan fingerprint density at radius 3 is 1.95 bits per heavy atom. The third kappa shape index (κ3) is 9.60. The topological polar surface area (TPSA) is 0 Å². The van der Waals surface area contributed by atoms with Crippen molar-refractivity contribution in [2.24, 2.45) is 0 Å². The zero-order valence-electron chi connectivity index (χ0n) is 44.1. The minimum atomic E-state index is -0.0473. The van der Waals surface area contributed by atoms with Crippen molar-refractivity contribution >= 4 is 39.1 Å². The maximum atomic E-state index is 3.94. The third-order valence-electron chi connectivity index (χ3n) is 15.4. The van der Waals surface area contributed by atoms with E-state index in [2.05, 4.69) is 262 Å². The second-order valence-electron chi connectivity index (χ2n) is 21.2. The van der Waals surface area contributed by atoms with Gasteiger partial charge in [0.1, 0.15) is 0 Å². The van der Waals surface area contributed by atoms with Crippen LogP contribution in [0.5, 0.6) is 0 Å². The van der Waals surface area contributed by atoms with Crippen molar-refractivity contribution in [1.82, 2.24) is 0 Å². The van der Waals surface area contributed by atoms with E-state index in [9.17, 15) is 0 Å². The molecule has 1 aromatic heterocycles. The molecule has 0 N–H and O–H groups in total. The fourth-order valence-electron chi connectivity index (χ4n) is 11.5. The molecule has 12 rings (SSSR count). The lowest BCUT2D eigenvalue weighted by Gasteiger charge is -2.23. The summed E-state index contributed by atoms with van der Waals surface area (Å²) in [6, 6.07) is 62.9. The number of benzene rings is 8. The van der Waals surface area contributed by atoms with Gasteiger partial charge in [-0.2, -0.15) is 0 Å². The van der Waals surface area contributed by atoms with E-state index in [1.807, 2.05) is 6.08 Å². The smallest absolute Gasteiger partial charge is 0.0361 e. The number of fused-ring (bicyclic) bond motifs is 7. The summed E-state index contributed by atoms with van der Waals surface area (Å²) in [6.45, 7) is 22.0. The first-order valence-electron chi connectivity index (χ1n) is 26.3. The van der Waals surface area contributed by atoms with Crippen LogP contribution in [0.2, 0.25) is 0 Å². The minimum Gasteiger partial charge on any atom is -0.135 e. The van der Waals surface area contributed by atoms with Gasteiger partial charge in [-0.05, 0) is 164 Å². The van der Waals surface area contributed by atoms with Gasteiger partial charge in [0, 0.05) is 25.8 Å². The van der Waals surface area contributed by atoms with Crippen molar-refractivity contribution in [3.8, 4) is 55.6 Å². The fourth-order valence-corrected chi connectivity index (χ4v) is 12.5. The fraction of sp³-hybridized carbons (Fsp3) is 0.194. The van der Waals surface area contributed by atoms with Gasteiger partial charge in [0.25, 0.3) is 0 Å². The van der Waals surface area contributed by atoms with E-state index in [1.165, 1.54) is 139 Å². The average Bonchev–Trinajstić information content (AvgIpc) is 3.97. The third-order valence-corrected chi connectivity index (χ3v) is 16.6. The van der Waals surface area contributed by atoms with Gasteiger partial charge in [-0.25, -0.2) is 0 Å². The Morgan fingerprint density at radius 2 is 1.21 bits per heavy atom. The molecule has 0 saturated heterocycles. The number of rotatable bonds is 8. The zero-order chi connectivity index (χ0) is 50.9. The molecular formula is C72H68S. The van der Waals surface area contributed by atoms with Crippen LogP contribution in [0.3, 0.4) is 0 Å². The quantitative estimate of drug-likeness (QED) is 0.142. The molecule has 362 valence electrons. The van der Waals surface area contributed by atoms with E-state index < -0.39 is 0 Å². The van der Waals surface area contributed by atoms with E-state index in [0.29, 0.717) is 0 Å². The molecule has 1 heterocycles. The number of thiophene rings is 1. The van der Waals surface area contributed by atoms with Crippen molar-refractivity contribution < 1.29 is 0 Å². The first kappa shape index (κ1) is 49.3. The molecule has 0 radical (unpaired) electrons. The predicted molar refractivity (Wildman–Crippen MR) is 321 cm³/mol. The van der Waals surface area contributed by atoms with Crippen LogP contribution in [0.25, 0.3) is 83.4 Å². The van der Waals surface area contributed by atoms with Crippen LogP contribution in [0, 0.1) is 13.8 Å². The highest BCUT2D eigenvalue weighted by Gasteiger charge is 2.38. The van der Waals surface area contributed by atoms with Gasteiger partial charge >= 0.3 is 0 Å². The molecule has 8 aromatic carbocycles. The van der Waals surface area contributed by atoms with Crippen LogP contribution in [0.15, 0.2) is 201 Å². The molecule has 9 aromatic rings. The first-order valence-corrected chi connectivity index (χ1v) is 27.2. The monoisotopic (exact) mass is 965 g/mol. The van der Waals surface area contributed by atoms with Gasteiger partial charge in [0.05, 0.1) is 0 Å². The van der Waals surface area contributed by atoms with Gasteiger partial charge in [-0.3, -0.25) is 0 Å². The number of allylic oxidation sites excluding steroid dienone is 5. The van der Waals surface area contributed by atoms with E-state index in [0.717, 1.165) is 12.8 Å². The van der Waals surface area contributed by atoms with Gasteiger partial charge < -0.3 is 0 Å². The Balaban J connectivity index is 0.000000135. The van der Waals surface area contributed by atoms with Crippen molar-refractivity contribution in [2.45, 2.75) is 91.9 Å². The lowest BCUT2D eigenvalue weighted by atomic mass is 9.80. The highest BCUT2D eigenvalue weighted by atomic mass is 32.1. The summed E-state index contributed by atoms with van der Waals surface area (Å²) in [5, 5.41) is 1.31.